The smallest absolute Gasteiger partial charge is 0.0162 e. The third-order valence-corrected chi connectivity index (χ3v) is 7.06. The van der Waals surface area contributed by atoms with E-state index in [4.69, 9.17) is 0 Å². The van der Waals surface area contributed by atoms with E-state index in [0.29, 0.717) is 0 Å². The van der Waals surface area contributed by atoms with Crippen LogP contribution in [0.25, 0.3) is 0 Å². The van der Waals surface area contributed by atoms with Crippen LogP contribution in [-0.4, -0.2) is 0 Å². The number of allylic oxidation sites excluding steroid dienone is 2. The molecule has 0 heteroatoms. The van der Waals surface area contributed by atoms with Gasteiger partial charge in [-0.3, -0.25) is 0 Å². The Kier molecular flexibility index (Phi) is 7.84. The number of hydrogen-bond donors (Lipinski definition) is 0. The van der Waals surface area contributed by atoms with Crippen molar-refractivity contribution in [2.75, 3.05) is 0 Å². The summed E-state index contributed by atoms with van der Waals surface area (Å²) in [7, 11) is 0. The van der Waals surface area contributed by atoms with Crippen LogP contribution in [0.4, 0.5) is 0 Å². The van der Waals surface area contributed by atoms with E-state index in [-0.39, 0.29) is 0 Å². The molecule has 0 radical (unpaired) electrons. The molecule has 2 aliphatic rings. The van der Waals surface area contributed by atoms with Crippen LogP contribution in [-0.2, 0) is 0 Å². The van der Waals surface area contributed by atoms with E-state index in [1.165, 1.54) is 77.0 Å². The molecule has 0 saturated heterocycles. The van der Waals surface area contributed by atoms with Gasteiger partial charge in [0.1, 0.15) is 0 Å². The lowest BCUT2D eigenvalue weighted by atomic mass is 9.76. The first-order valence-electron chi connectivity index (χ1n) is 11.6. The van der Waals surface area contributed by atoms with Crippen molar-refractivity contribution < 1.29 is 0 Å². The summed E-state index contributed by atoms with van der Waals surface area (Å²) in [5, 5.41) is 0. The Morgan fingerprint density at radius 1 is 0.731 bits per heavy atom. The average Bonchev–Trinajstić information content (AvgIpc) is 2.70. The zero-order chi connectivity index (χ0) is 18.2. The monoisotopic (exact) mass is 352 g/mol. The van der Waals surface area contributed by atoms with Crippen LogP contribution in [0, 0.1) is 11.8 Å². The highest BCUT2D eigenvalue weighted by Gasteiger charge is 2.23. The molecule has 2 fully saturated rings. The van der Waals surface area contributed by atoms with Crippen LogP contribution in [0.5, 0.6) is 0 Å². The molecule has 1 aromatic rings. The van der Waals surface area contributed by atoms with Crippen molar-refractivity contribution in [3.05, 3.63) is 47.5 Å². The molecule has 0 spiro atoms. The predicted octanol–water partition coefficient (Wildman–Crippen LogP) is 8.39. The Labute approximate surface area is 162 Å². The molecule has 3 rings (SSSR count). The van der Waals surface area contributed by atoms with Crippen molar-refractivity contribution in [2.24, 2.45) is 11.8 Å². The molecule has 1 aromatic carbocycles. The molecule has 0 N–H and O–H groups in total. The third-order valence-electron chi connectivity index (χ3n) is 7.06. The minimum atomic E-state index is 0.806. The molecular weight excluding hydrogens is 312 g/mol. The van der Waals surface area contributed by atoms with Crippen LogP contribution in [0.3, 0.4) is 0 Å². The highest BCUT2D eigenvalue weighted by molar-refractivity contribution is 5.28. The normalized spacial score (nSPS) is 29.9. The van der Waals surface area contributed by atoms with Gasteiger partial charge < -0.3 is 0 Å². The zero-order valence-corrected chi connectivity index (χ0v) is 17.3. The maximum absolute atomic E-state index is 2.50. The highest BCUT2D eigenvalue weighted by Crippen LogP contribution is 2.39. The predicted molar refractivity (Wildman–Crippen MR) is 115 cm³/mol. The van der Waals surface area contributed by atoms with Gasteiger partial charge in [-0.05, 0) is 92.6 Å². The molecule has 0 amide bonds. The molecule has 0 bridgehead atoms. The summed E-state index contributed by atoms with van der Waals surface area (Å²) in [4.78, 5) is 0. The summed E-state index contributed by atoms with van der Waals surface area (Å²) in [5.74, 6) is 3.49. The van der Waals surface area contributed by atoms with Crippen molar-refractivity contribution in [1.82, 2.24) is 0 Å². The van der Waals surface area contributed by atoms with Crippen LogP contribution in [0.15, 0.2) is 36.4 Å². The highest BCUT2D eigenvalue weighted by atomic mass is 14.3. The van der Waals surface area contributed by atoms with Crippen molar-refractivity contribution in [3.8, 4) is 0 Å². The Balaban J connectivity index is 1.48. The second kappa shape index (κ2) is 10.3. The van der Waals surface area contributed by atoms with Crippen LogP contribution >= 0.6 is 0 Å². The molecule has 26 heavy (non-hydrogen) atoms. The van der Waals surface area contributed by atoms with Gasteiger partial charge in [0.05, 0.1) is 0 Å². The molecule has 0 nitrogen and oxygen atoms in total. The van der Waals surface area contributed by atoms with Gasteiger partial charge in [-0.1, -0.05) is 69.5 Å². The fraction of sp³-hybridized carbons (Fsp3) is 0.692. The largest absolute Gasteiger partial charge is 0.0883 e. The fourth-order valence-corrected chi connectivity index (χ4v) is 5.33. The van der Waals surface area contributed by atoms with Crippen molar-refractivity contribution in [2.45, 2.75) is 103 Å². The SMILES string of the molecule is CCC/C=C/[C@H]1CC[C@H](c2ccc([C@H]3CC[C@H](CCC)CC3)cc2)CC1. The fourth-order valence-electron chi connectivity index (χ4n) is 5.33. The first-order chi connectivity index (χ1) is 12.8. The molecule has 2 aliphatic carbocycles. The second-order valence-corrected chi connectivity index (χ2v) is 9.00. The minimum absolute atomic E-state index is 0.806. The van der Waals surface area contributed by atoms with Gasteiger partial charge in [-0.25, -0.2) is 0 Å². The number of benzene rings is 1. The second-order valence-electron chi connectivity index (χ2n) is 9.00. The zero-order valence-electron chi connectivity index (χ0n) is 17.3. The number of unbranched alkanes of at least 4 members (excludes halogenated alkanes) is 1. The van der Waals surface area contributed by atoms with Crippen LogP contribution < -0.4 is 0 Å². The van der Waals surface area contributed by atoms with E-state index in [1.54, 1.807) is 11.1 Å². The van der Waals surface area contributed by atoms with Gasteiger partial charge in [-0.2, -0.15) is 0 Å². The molecule has 0 aromatic heterocycles. The Bertz CT molecular complexity index is 522. The van der Waals surface area contributed by atoms with E-state index in [1.807, 2.05) is 0 Å². The first-order valence-corrected chi connectivity index (χ1v) is 11.6. The lowest BCUT2D eigenvalue weighted by Gasteiger charge is -2.30. The van der Waals surface area contributed by atoms with Gasteiger partial charge in [0.25, 0.3) is 0 Å². The first kappa shape index (κ1) is 19.7. The van der Waals surface area contributed by atoms with E-state index < -0.39 is 0 Å². The Hall–Kier alpha value is -1.04. The topological polar surface area (TPSA) is 0 Å². The lowest BCUT2D eigenvalue weighted by Crippen LogP contribution is -2.14. The maximum atomic E-state index is 2.50. The van der Waals surface area contributed by atoms with Gasteiger partial charge in [0.2, 0.25) is 0 Å². The minimum Gasteiger partial charge on any atom is -0.0883 e. The summed E-state index contributed by atoms with van der Waals surface area (Å²) >= 11 is 0. The molecule has 0 aliphatic heterocycles. The Morgan fingerprint density at radius 2 is 1.27 bits per heavy atom. The average molecular weight is 353 g/mol. The summed E-state index contributed by atoms with van der Waals surface area (Å²) in [6.07, 6.45) is 21.5. The number of hydrogen-bond acceptors (Lipinski definition) is 0. The summed E-state index contributed by atoms with van der Waals surface area (Å²) in [6.45, 7) is 4.60. The van der Waals surface area contributed by atoms with E-state index in [2.05, 4.69) is 50.3 Å². The third kappa shape index (κ3) is 5.48. The van der Waals surface area contributed by atoms with Gasteiger partial charge in [0, 0.05) is 0 Å². The molecule has 0 unspecified atom stereocenters. The standard InChI is InChI=1S/C26H40/c1-3-5-6-8-22-11-15-24(16-12-22)26-19-17-25(18-20-26)23-13-9-21(7-4-2)10-14-23/h6,8,17-24H,3-5,7,9-16H2,1-2H3/b8-6+/t21-,22-,23-,24-. The van der Waals surface area contributed by atoms with Crippen molar-refractivity contribution in [1.29, 1.82) is 0 Å². The van der Waals surface area contributed by atoms with E-state index >= 15 is 0 Å². The molecule has 2 saturated carbocycles. The van der Waals surface area contributed by atoms with Crippen LogP contribution in [0.1, 0.15) is 114 Å². The summed E-state index contributed by atoms with van der Waals surface area (Å²) in [5.41, 5.74) is 3.21. The lowest BCUT2D eigenvalue weighted by molar-refractivity contribution is 0.308. The summed E-state index contributed by atoms with van der Waals surface area (Å²) in [6, 6.07) is 9.86. The molecule has 0 atom stereocenters. The molecule has 0 heterocycles. The Morgan fingerprint density at radius 3 is 1.77 bits per heavy atom. The van der Waals surface area contributed by atoms with Crippen molar-refractivity contribution in [3.63, 3.8) is 0 Å². The number of rotatable bonds is 7. The van der Waals surface area contributed by atoms with Crippen LogP contribution in [0.2, 0.25) is 0 Å². The molecular formula is C26H40. The van der Waals surface area contributed by atoms with Gasteiger partial charge in [0.15, 0.2) is 0 Å². The summed E-state index contributed by atoms with van der Waals surface area (Å²) < 4.78 is 0. The molecule has 144 valence electrons. The van der Waals surface area contributed by atoms with E-state index in [0.717, 1.165) is 23.7 Å². The quantitative estimate of drug-likeness (QED) is 0.432. The van der Waals surface area contributed by atoms with Gasteiger partial charge >= 0.3 is 0 Å². The maximum Gasteiger partial charge on any atom is -0.0162 e. The van der Waals surface area contributed by atoms with Gasteiger partial charge in [-0.15, -0.1) is 0 Å². The van der Waals surface area contributed by atoms with Crippen molar-refractivity contribution >= 4 is 0 Å². The van der Waals surface area contributed by atoms with E-state index in [9.17, 15) is 0 Å².